The predicted octanol–water partition coefficient (Wildman–Crippen LogP) is 6.57. The van der Waals surface area contributed by atoms with Gasteiger partial charge < -0.3 is 4.42 Å². The van der Waals surface area contributed by atoms with Crippen LogP contribution in [0.5, 0.6) is 0 Å². The van der Waals surface area contributed by atoms with Gasteiger partial charge in [-0.25, -0.2) is 0 Å². The van der Waals surface area contributed by atoms with Crippen LogP contribution in [0.4, 0.5) is 11.4 Å². The lowest BCUT2D eigenvalue weighted by atomic mass is 10.1. The number of rotatable bonds is 4. The maximum absolute atomic E-state index is 12.8. The molecule has 10 heteroatoms. The molecule has 1 aliphatic rings. The molecule has 0 radical (unpaired) electrons. The second-order valence-electron chi connectivity index (χ2n) is 6.12. The number of anilines is 1. The molecule has 0 saturated carbocycles. The van der Waals surface area contributed by atoms with Crippen LogP contribution in [0.15, 0.2) is 63.9 Å². The Morgan fingerprint density at radius 1 is 1.10 bits per heavy atom. The van der Waals surface area contributed by atoms with Crippen LogP contribution >= 0.6 is 47.2 Å². The van der Waals surface area contributed by atoms with Gasteiger partial charge in [0.05, 0.1) is 20.5 Å². The molecule has 0 spiro atoms. The molecule has 0 aliphatic carbocycles. The number of thiocarbonyl (C=S) groups is 1. The van der Waals surface area contributed by atoms with Crippen molar-refractivity contribution in [2.75, 3.05) is 4.90 Å². The van der Waals surface area contributed by atoms with Gasteiger partial charge in [-0.3, -0.25) is 19.8 Å². The third-order valence-corrected chi connectivity index (χ3v) is 6.07. The van der Waals surface area contributed by atoms with E-state index in [1.54, 1.807) is 42.5 Å². The number of thioether (sulfide) groups is 1. The molecule has 3 aromatic rings. The molecule has 1 aliphatic heterocycles. The van der Waals surface area contributed by atoms with Gasteiger partial charge in [0.15, 0.2) is 4.32 Å². The third-order valence-electron chi connectivity index (χ3n) is 4.21. The van der Waals surface area contributed by atoms with E-state index in [1.165, 1.54) is 23.1 Å². The van der Waals surface area contributed by atoms with Crippen molar-refractivity contribution in [2.24, 2.45) is 0 Å². The van der Waals surface area contributed by atoms with Crippen molar-refractivity contribution in [1.29, 1.82) is 0 Å². The van der Waals surface area contributed by atoms with Crippen LogP contribution in [0.25, 0.3) is 17.4 Å². The number of furan rings is 1. The summed E-state index contributed by atoms with van der Waals surface area (Å²) in [7, 11) is 0. The highest BCUT2D eigenvalue weighted by Gasteiger charge is 2.33. The van der Waals surface area contributed by atoms with E-state index in [0.717, 1.165) is 11.8 Å². The average Bonchev–Trinajstić information content (AvgIpc) is 3.27. The Hall–Kier alpha value is -2.65. The first kappa shape index (κ1) is 20.6. The number of nitro groups is 1. The number of hydrogen-bond donors (Lipinski definition) is 0. The monoisotopic (exact) mass is 476 g/mol. The molecule has 0 N–H and O–H groups in total. The van der Waals surface area contributed by atoms with Gasteiger partial charge in [-0.1, -0.05) is 47.2 Å². The van der Waals surface area contributed by atoms with Gasteiger partial charge in [-0.15, -0.1) is 0 Å². The summed E-state index contributed by atoms with van der Waals surface area (Å²) in [6.07, 6.45) is 1.60. The minimum atomic E-state index is -0.522. The largest absolute Gasteiger partial charge is 0.457 e. The summed E-state index contributed by atoms with van der Waals surface area (Å²) in [5.41, 5.74) is 1.03. The number of nitro benzene ring substituents is 1. The van der Waals surface area contributed by atoms with Crippen molar-refractivity contribution in [3.05, 3.63) is 85.4 Å². The predicted molar refractivity (Wildman–Crippen MR) is 123 cm³/mol. The fourth-order valence-electron chi connectivity index (χ4n) is 2.80. The van der Waals surface area contributed by atoms with Crippen LogP contribution in [0.3, 0.4) is 0 Å². The molecule has 1 saturated heterocycles. The first-order chi connectivity index (χ1) is 14.3. The number of carbonyl (C=O) groups is 1. The van der Waals surface area contributed by atoms with Crippen LogP contribution in [0, 0.1) is 10.1 Å². The number of benzene rings is 2. The Bertz CT molecular complexity index is 1220. The number of amides is 1. The summed E-state index contributed by atoms with van der Waals surface area (Å²) in [5.74, 6) is 0.587. The van der Waals surface area contributed by atoms with Crippen molar-refractivity contribution < 1.29 is 14.1 Å². The van der Waals surface area contributed by atoms with Gasteiger partial charge in [0, 0.05) is 28.8 Å². The number of non-ortho nitro benzene ring substituents is 1. The van der Waals surface area contributed by atoms with E-state index in [9.17, 15) is 14.9 Å². The maximum Gasteiger partial charge on any atom is 0.270 e. The van der Waals surface area contributed by atoms with Crippen molar-refractivity contribution in [3.63, 3.8) is 0 Å². The van der Waals surface area contributed by atoms with Crippen molar-refractivity contribution in [3.8, 4) is 11.3 Å². The summed E-state index contributed by atoms with van der Waals surface area (Å²) < 4.78 is 6.18. The highest BCUT2D eigenvalue weighted by molar-refractivity contribution is 8.27. The van der Waals surface area contributed by atoms with E-state index in [4.69, 9.17) is 39.8 Å². The third kappa shape index (κ3) is 3.99. The molecule has 1 fully saturated rings. The number of hydrogen-bond acceptors (Lipinski definition) is 6. The van der Waals surface area contributed by atoms with Crippen molar-refractivity contribution >= 4 is 74.9 Å². The fourth-order valence-corrected chi connectivity index (χ4v) is 4.48. The zero-order chi connectivity index (χ0) is 21.4. The van der Waals surface area contributed by atoms with E-state index in [-0.39, 0.29) is 16.6 Å². The normalized spacial score (nSPS) is 15.3. The molecular formula is C20H10Cl2N2O4S2. The highest BCUT2D eigenvalue weighted by atomic mass is 35.5. The topological polar surface area (TPSA) is 76.6 Å². The van der Waals surface area contributed by atoms with Crippen LogP contribution in [0.1, 0.15) is 5.76 Å². The Morgan fingerprint density at radius 3 is 2.50 bits per heavy atom. The zero-order valence-electron chi connectivity index (χ0n) is 14.9. The van der Waals surface area contributed by atoms with Crippen LogP contribution in [-0.2, 0) is 4.79 Å². The van der Waals surface area contributed by atoms with Gasteiger partial charge in [0.25, 0.3) is 11.6 Å². The van der Waals surface area contributed by atoms with Crippen LogP contribution < -0.4 is 4.90 Å². The first-order valence-corrected chi connectivity index (χ1v) is 10.4. The highest BCUT2D eigenvalue weighted by Crippen LogP contribution is 2.38. The SMILES string of the molecule is O=C1C(=Cc2ccc(-c3ccc([N+](=O)[O-])cc3Cl)o2)SC(=S)N1c1ccc(Cl)cc1. The maximum atomic E-state index is 12.8. The van der Waals surface area contributed by atoms with Gasteiger partial charge >= 0.3 is 0 Å². The van der Waals surface area contributed by atoms with E-state index >= 15 is 0 Å². The number of halogens is 2. The number of carbonyl (C=O) groups excluding carboxylic acids is 1. The van der Waals surface area contributed by atoms with Gasteiger partial charge in [-0.05, 0) is 42.5 Å². The molecule has 0 atom stereocenters. The summed E-state index contributed by atoms with van der Waals surface area (Å²) >= 11 is 18.6. The summed E-state index contributed by atoms with van der Waals surface area (Å²) in [6.45, 7) is 0. The molecule has 1 amide bonds. The second kappa shape index (κ2) is 8.23. The lowest BCUT2D eigenvalue weighted by Gasteiger charge is -2.14. The van der Waals surface area contributed by atoms with Gasteiger partial charge in [0.1, 0.15) is 11.5 Å². The molecule has 2 heterocycles. The Kier molecular flexibility index (Phi) is 5.66. The molecule has 0 bridgehead atoms. The average molecular weight is 477 g/mol. The molecule has 150 valence electrons. The molecule has 1 aromatic heterocycles. The zero-order valence-corrected chi connectivity index (χ0v) is 18.0. The van der Waals surface area contributed by atoms with Gasteiger partial charge in [0.2, 0.25) is 0 Å². The Labute approximate surface area is 190 Å². The van der Waals surface area contributed by atoms with Crippen molar-refractivity contribution in [2.45, 2.75) is 0 Å². The first-order valence-electron chi connectivity index (χ1n) is 8.41. The summed E-state index contributed by atoms with van der Waals surface area (Å²) in [5, 5.41) is 11.6. The smallest absolute Gasteiger partial charge is 0.270 e. The molecule has 30 heavy (non-hydrogen) atoms. The molecule has 0 unspecified atom stereocenters. The fraction of sp³-hybridized carbons (Fsp3) is 0. The quantitative estimate of drug-likeness (QED) is 0.183. The summed E-state index contributed by atoms with van der Waals surface area (Å²) in [6, 6.07) is 14.3. The molecular weight excluding hydrogens is 467 g/mol. The number of nitrogens with zero attached hydrogens (tertiary/aromatic N) is 2. The van der Waals surface area contributed by atoms with E-state index < -0.39 is 4.92 Å². The van der Waals surface area contributed by atoms with Crippen molar-refractivity contribution in [1.82, 2.24) is 0 Å². The van der Waals surface area contributed by atoms with E-state index in [2.05, 4.69) is 0 Å². The lowest BCUT2D eigenvalue weighted by molar-refractivity contribution is -0.384. The standard InChI is InChI=1S/C20H10Cl2N2O4S2/c21-11-1-3-12(4-2-11)23-19(25)18(30-20(23)29)10-14-6-8-17(28-14)15-7-5-13(24(26)27)9-16(15)22/h1-10H. The Balaban J connectivity index is 1.60. The van der Waals surface area contributed by atoms with Crippen LogP contribution in [-0.4, -0.2) is 15.2 Å². The van der Waals surface area contributed by atoms with E-state index in [1.807, 2.05) is 0 Å². The second-order valence-corrected chi connectivity index (χ2v) is 8.64. The molecule has 2 aromatic carbocycles. The van der Waals surface area contributed by atoms with Gasteiger partial charge in [-0.2, -0.15) is 0 Å². The minimum Gasteiger partial charge on any atom is -0.457 e. The lowest BCUT2D eigenvalue weighted by Crippen LogP contribution is -2.27. The summed E-state index contributed by atoms with van der Waals surface area (Å²) in [4.78, 5) is 25.0. The minimum absolute atomic E-state index is 0.110. The van der Waals surface area contributed by atoms with E-state index in [0.29, 0.717) is 37.0 Å². The molecule has 6 nitrogen and oxygen atoms in total. The molecule has 4 rings (SSSR count). The Morgan fingerprint density at radius 2 is 1.83 bits per heavy atom. The van der Waals surface area contributed by atoms with Crippen LogP contribution in [0.2, 0.25) is 10.0 Å².